The van der Waals surface area contributed by atoms with Gasteiger partial charge in [-0.05, 0) is 38.4 Å². The molecule has 9 heteroatoms. The lowest BCUT2D eigenvalue weighted by atomic mass is 10.2. The molecular weight excluding hydrogens is 323 g/mol. The first kappa shape index (κ1) is 17.7. The number of nitrogens with zero attached hydrogens (tertiary/aromatic N) is 3. The lowest BCUT2D eigenvalue weighted by Gasteiger charge is -2.10. The van der Waals surface area contributed by atoms with Gasteiger partial charge in [0.1, 0.15) is 5.82 Å². The minimum Gasteiger partial charge on any atom is -0.367 e. The van der Waals surface area contributed by atoms with Gasteiger partial charge < -0.3 is 15.5 Å². The highest BCUT2D eigenvalue weighted by Gasteiger charge is 2.19. The number of carbonyl (C=O) groups is 1. The molecule has 0 fully saturated rings. The van der Waals surface area contributed by atoms with Crippen LogP contribution in [0.3, 0.4) is 0 Å². The molecule has 2 rings (SSSR count). The van der Waals surface area contributed by atoms with Crippen molar-refractivity contribution in [3.8, 4) is 0 Å². The number of hydrogen-bond acceptors (Lipinski definition) is 5. The third-order valence-electron chi connectivity index (χ3n) is 3.05. The van der Waals surface area contributed by atoms with Crippen molar-refractivity contribution in [2.24, 2.45) is 0 Å². The number of hydrogen-bond donors (Lipinski definition) is 2. The van der Waals surface area contributed by atoms with E-state index in [1.54, 1.807) is 6.07 Å². The Morgan fingerprint density at radius 1 is 1.04 bits per heavy atom. The predicted molar refractivity (Wildman–Crippen MR) is 83.3 cm³/mol. The van der Waals surface area contributed by atoms with E-state index >= 15 is 0 Å². The van der Waals surface area contributed by atoms with Crippen LogP contribution < -0.4 is 10.6 Å². The van der Waals surface area contributed by atoms with Gasteiger partial charge >= 0.3 is 0 Å². The Morgan fingerprint density at radius 2 is 1.71 bits per heavy atom. The lowest BCUT2D eigenvalue weighted by Crippen LogP contribution is -2.21. The van der Waals surface area contributed by atoms with Crippen LogP contribution in [-0.2, 0) is 0 Å². The van der Waals surface area contributed by atoms with E-state index in [-0.39, 0.29) is 5.82 Å². The average molecular weight is 339 g/mol. The zero-order valence-electron chi connectivity index (χ0n) is 13.1. The van der Waals surface area contributed by atoms with Gasteiger partial charge in [0.05, 0.1) is 5.56 Å². The fourth-order valence-corrected chi connectivity index (χ4v) is 1.79. The van der Waals surface area contributed by atoms with Crippen LogP contribution in [0.1, 0.15) is 10.4 Å². The van der Waals surface area contributed by atoms with Crippen molar-refractivity contribution in [2.75, 3.05) is 37.8 Å². The Labute approximate surface area is 136 Å². The number of benzene rings is 1. The molecule has 0 aliphatic heterocycles. The summed E-state index contributed by atoms with van der Waals surface area (Å²) in [6.07, 6.45) is 0. The molecule has 0 aliphatic carbocycles. The molecule has 2 aromatic rings. The molecule has 2 N–H and O–H groups in total. The van der Waals surface area contributed by atoms with Crippen LogP contribution in [-0.4, -0.2) is 48.2 Å². The molecule has 1 aromatic carbocycles. The largest absolute Gasteiger partial charge is 0.367 e. The van der Waals surface area contributed by atoms with E-state index < -0.39 is 28.9 Å². The Morgan fingerprint density at radius 3 is 2.33 bits per heavy atom. The Hall–Kier alpha value is -2.68. The van der Waals surface area contributed by atoms with Gasteiger partial charge in [-0.25, -0.2) is 13.2 Å². The summed E-state index contributed by atoms with van der Waals surface area (Å²) >= 11 is 0. The summed E-state index contributed by atoms with van der Waals surface area (Å²) in [5.74, 6) is -5.00. The summed E-state index contributed by atoms with van der Waals surface area (Å²) < 4.78 is 39.6. The van der Waals surface area contributed by atoms with Crippen molar-refractivity contribution in [3.63, 3.8) is 0 Å². The second kappa shape index (κ2) is 7.73. The number of rotatable bonds is 6. The molecule has 24 heavy (non-hydrogen) atoms. The van der Waals surface area contributed by atoms with E-state index in [9.17, 15) is 18.0 Å². The zero-order chi connectivity index (χ0) is 17.7. The highest BCUT2D eigenvalue weighted by atomic mass is 19.2. The normalized spacial score (nSPS) is 10.8. The van der Waals surface area contributed by atoms with E-state index in [1.165, 1.54) is 6.07 Å². The zero-order valence-corrected chi connectivity index (χ0v) is 13.1. The summed E-state index contributed by atoms with van der Waals surface area (Å²) in [6.45, 7) is 1.46. The highest BCUT2D eigenvalue weighted by Crippen LogP contribution is 2.16. The van der Waals surface area contributed by atoms with Crippen LogP contribution in [0.4, 0.5) is 24.8 Å². The molecule has 1 aromatic heterocycles. The molecule has 6 nitrogen and oxygen atoms in total. The standard InChI is InChI=1S/C15H16F3N5O/c1-23(2)8-7-19-11-5-6-12(22-21-11)20-15(24)9-3-4-10(16)14(18)13(9)17/h3-6H,7-8H2,1-2H3,(H,19,21)(H,20,22,24). The monoisotopic (exact) mass is 339 g/mol. The van der Waals surface area contributed by atoms with E-state index in [2.05, 4.69) is 20.8 Å². The molecule has 1 amide bonds. The molecule has 1 heterocycles. The number of aromatic nitrogens is 2. The van der Waals surface area contributed by atoms with Gasteiger partial charge in [0, 0.05) is 13.1 Å². The Bertz CT molecular complexity index is 722. The second-order valence-corrected chi connectivity index (χ2v) is 5.21. The number of amides is 1. The van der Waals surface area contributed by atoms with Crippen LogP contribution in [0.5, 0.6) is 0 Å². The van der Waals surface area contributed by atoms with E-state index in [0.29, 0.717) is 18.4 Å². The van der Waals surface area contributed by atoms with Gasteiger partial charge in [0.25, 0.3) is 5.91 Å². The molecule has 0 radical (unpaired) electrons. The van der Waals surface area contributed by atoms with Gasteiger partial charge in [-0.3, -0.25) is 4.79 Å². The average Bonchev–Trinajstić information content (AvgIpc) is 2.54. The quantitative estimate of drug-likeness (QED) is 0.789. The third kappa shape index (κ3) is 4.42. The summed E-state index contributed by atoms with van der Waals surface area (Å²) in [4.78, 5) is 13.9. The molecule has 0 spiro atoms. The number of anilines is 2. The molecule has 0 bridgehead atoms. The molecule has 128 valence electrons. The highest BCUT2D eigenvalue weighted by molar-refractivity contribution is 6.03. The smallest absolute Gasteiger partial charge is 0.259 e. The molecular formula is C15H16F3N5O. The topological polar surface area (TPSA) is 70.2 Å². The number of carbonyl (C=O) groups excluding carboxylic acids is 1. The SMILES string of the molecule is CN(C)CCNc1ccc(NC(=O)c2ccc(F)c(F)c2F)nn1. The van der Waals surface area contributed by atoms with Gasteiger partial charge in [-0.15, -0.1) is 10.2 Å². The Kier molecular flexibility index (Phi) is 5.69. The van der Waals surface area contributed by atoms with Gasteiger partial charge in [-0.1, -0.05) is 0 Å². The summed E-state index contributed by atoms with van der Waals surface area (Å²) in [5, 5.41) is 12.9. The van der Waals surface area contributed by atoms with Crippen LogP contribution in [0, 0.1) is 17.5 Å². The van der Waals surface area contributed by atoms with Crippen molar-refractivity contribution in [3.05, 3.63) is 47.3 Å². The van der Waals surface area contributed by atoms with Crippen LogP contribution in [0.2, 0.25) is 0 Å². The molecule has 0 saturated heterocycles. The van der Waals surface area contributed by atoms with Crippen molar-refractivity contribution < 1.29 is 18.0 Å². The van der Waals surface area contributed by atoms with Gasteiger partial charge in [0.15, 0.2) is 23.3 Å². The minimum atomic E-state index is -1.70. The van der Waals surface area contributed by atoms with E-state index in [1.807, 2.05) is 19.0 Å². The lowest BCUT2D eigenvalue weighted by molar-refractivity contribution is 0.102. The van der Waals surface area contributed by atoms with Crippen molar-refractivity contribution >= 4 is 17.5 Å². The first-order valence-corrected chi connectivity index (χ1v) is 7.05. The molecule has 0 atom stereocenters. The number of likely N-dealkylation sites (N-methyl/N-ethyl adjacent to an activating group) is 1. The molecule has 0 unspecified atom stereocenters. The fraction of sp³-hybridized carbons (Fsp3) is 0.267. The Balaban J connectivity index is 2.01. The van der Waals surface area contributed by atoms with Crippen LogP contribution in [0.15, 0.2) is 24.3 Å². The number of halogens is 3. The van der Waals surface area contributed by atoms with Crippen LogP contribution >= 0.6 is 0 Å². The van der Waals surface area contributed by atoms with E-state index in [4.69, 9.17) is 0 Å². The van der Waals surface area contributed by atoms with Crippen LogP contribution in [0.25, 0.3) is 0 Å². The maximum atomic E-state index is 13.6. The summed E-state index contributed by atoms with van der Waals surface area (Å²) in [6, 6.07) is 4.57. The molecule has 0 aliphatic rings. The number of nitrogens with one attached hydrogen (secondary N) is 2. The van der Waals surface area contributed by atoms with Gasteiger partial charge in [-0.2, -0.15) is 0 Å². The summed E-state index contributed by atoms with van der Waals surface area (Å²) in [5.41, 5.74) is -0.621. The van der Waals surface area contributed by atoms with Crippen molar-refractivity contribution in [1.82, 2.24) is 15.1 Å². The summed E-state index contributed by atoms with van der Waals surface area (Å²) in [7, 11) is 3.87. The fourth-order valence-electron chi connectivity index (χ4n) is 1.79. The van der Waals surface area contributed by atoms with E-state index in [0.717, 1.165) is 12.6 Å². The second-order valence-electron chi connectivity index (χ2n) is 5.21. The molecule has 0 saturated carbocycles. The van der Waals surface area contributed by atoms with Crippen molar-refractivity contribution in [1.29, 1.82) is 0 Å². The maximum absolute atomic E-state index is 13.6. The maximum Gasteiger partial charge on any atom is 0.259 e. The van der Waals surface area contributed by atoms with Crippen molar-refractivity contribution in [2.45, 2.75) is 0 Å². The third-order valence-corrected chi connectivity index (χ3v) is 3.05. The first-order valence-electron chi connectivity index (χ1n) is 7.05. The first-order chi connectivity index (χ1) is 11.4. The van der Waals surface area contributed by atoms with Gasteiger partial charge in [0.2, 0.25) is 0 Å². The predicted octanol–water partition coefficient (Wildman–Crippen LogP) is 2.12. The minimum absolute atomic E-state index is 0.0577.